The molecule has 0 radical (unpaired) electrons. The summed E-state index contributed by atoms with van der Waals surface area (Å²) in [5.41, 5.74) is 1.16. The van der Waals surface area contributed by atoms with Gasteiger partial charge in [0, 0.05) is 23.5 Å². The van der Waals surface area contributed by atoms with E-state index >= 15 is 0 Å². The van der Waals surface area contributed by atoms with Gasteiger partial charge in [0.15, 0.2) is 0 Å². The second-order valence-electron chi connectivity index (χ2n) is 3.71. The van der Waals surface area contributed by atoms with Crippen molar-refractivity contribution in [3.63, 3.8) is 0 Å². The zero-order valence-electron chi connectivity index (χ0n) is 8.05. The van der Waals surface area contributed by atoms with Crippen molar-refractivity contribution >= 4 is 11.3 Å². The highest BCUT2D eigenvalue weighted by molar-refractivity contribution is 7.09. The Labute approximate surface area is 83.4 Å². The van der Waals surface area contributed by atoms with Gasteiger partial charge in [-0.1, -0.05) is 0 Å². The Balaban J connectivity index is 1.61. The van der Waals surface area contributed by atoms with Crippen LogP contribution in [0.1, 0.15) is 30.0 Å². The quantitative estimate of drug-likeness (QED) is 0.730. The Kier molecular flexibility index (Phi) is 2.96. The fraction of sp³-hybridized carbons (Fsp3) is 0.700. The predicted molar refractivity (Wildman–Crippen MR) is 56.2 cm³/mol. The van der Waals surface area contributed by atoms with Gasteiger partial charge < -0.3 is 5.32 Å². The van der Waals surface area contributed by atoms with Crippen LogP contribution in [0, 0.1) is 6.92 Å². The molecule has 2 nitrogen and oxygen atoms in total. The summed E-state index contributed by atoms with van der Waals surface area (Å²) < 4.78 is 0. The lowest BCUT2D eigenvalue weighted by Crippen LogP contribution is -2.17. The Morgan fingerprint density at radius 2 is 2.46 bits per heavy atom. The van der Waals surface area contributed by atoms with Crippen molar-refractivity contribution in [3.05, 3.63) is 16.1 Å². The molecule has 0 saturated heterocycles. The fourth-order valence-corrected chi connectivity index (χ4v) is 2.17. The molecule has 1 fully saturated rings. The van der Waals surface area contributed by atoms with Gasteiger partial charge >= 0.3 is 0 Å². The van der Waals surface area contributed by atoms with Gasteiger partial charge in [0.2, 0.25) is 0 Å². The third kappa shape index (κ3) is 3.08. The zero-order chi connectivity index (χ0) is 9.10. The van der Waals surface area contributed by atoms with Crippen LogP contribution in [-0.4, -0.2) is 17.6 Å². The molecule has 3 heteroatoms. The van der Waals surface area contributed by atoms with E-state index < -0.39 is 0 Å². The number of aryl methyl sites for hydroxylation is 2. The van der Waals surface area contributed by atoms with Gasteiger partial charge in [0.25, 0.3) is 0 Å². The summed E-state index contributed by atoms with van der Waals surface area (Å²) in [4.78, 5) is 4.43. The molecule has 0 atom stereocenters. The SMILES string of the molecule is Cc1csc(CCCNC2CC2)n1. The van der Waals surface area contributed by atoms with Crippen LogP contribution in [-0.2, 0) is 6.42 Å². The van der Waals surface area contributed by atoms with Crippen molar-refractivity contribution in [2.45, 2.75) is 38.6 Å². The molecule has 72 valence electrons. The summed E-state index contributed by atoms with van der Waals surface area (Å²) in [5.74, 6) is 0. The van der Waals surface area contributed by atoms with Gasteiger partial charge in [-0.2, -0.15) is 0 Å². The largest absolute Gasteiger partial charge is 0.314 e. The van der Waals surface area contributed by atoms with Gasteiger partial charge in [-0.25, -0.2) is 4.98 Å². The molecule has 1 saturated carbocycles. The lowest BCUT2D eigenvalue weighted by Gasteiger charge is -1.99. The lowest BCUT2D eigenvalue weighted by atomic mass is 10.3. The van der Waals surface area contributed by atoms with Crippen LogP contribution in [0.3, 0.4) is 0 Å². The predicted octanol–water partition coefficient (Wildman–Crippen LogP) is 2.14. The number of nitrogens with zero attached hydrogens (tertiary/aromatic N) is 1. The van der Waals surface area contributed by atoms with Crippen molar-refractivity contribution in [1.82, 2.24) is 10.3 Å². The average Bonchev–Trinajstić information content (AvgIpc) is 2.84. The molecule has 0 spiro atoms. The van der Waals surface area contributed by atoms with Crippen LogP contribution in [0.4, 0.5) is 0 Å². The van der Waals surface area contributed by atoms with Crippen molar-refractivity contribution < 1.29 is 0 Å². The second kappa shape index (κ2) is 4.20. The maximum Gasteiger partial charge on any atom is 0.0928 e. The standard InChI is InChI=1S/C10H16N2S/c1-8-7-13-10(12-8)3-2-6-11-9-4-5-9/h7,9,11H,2-6H2,1H3. The van der Waals surface area contributed by atoms with Gasteiger partial charge in [-0.3, -0.25) is 0 Å². The maximum atomic E-state index is 4.43. The van der Waals surface area contributed by atoms with Gasteiger partial charge in [-0.15, -0.1) is 11.3 Å². The van der Waals surface area contributed by atoms with Crippen molar-refractivity contribution in [3.8, 4) is 0 Å². The van der Waals surface area contributed by atoms with E-state index in [0.29, 0.717) is 0 Å². The molecule has 0 aromatic carbocycles. The first-order valence-electron chi connectivity index (χ1n) is 4.99. The summed E-state index contributed by atoms with van der Waals surface area (Å²) in [5, 5.41) is 6.93. The Hall–Kier alpha value is -0.410. The smallest absolute Gasteiger partial charge is 0.0928 e. The number of nitrogens with one attached hydrogen (secondary N) is 1. The molecule has 13 heavy (non-hydrogen) atoms. The number of aromatic nitrogens is 1. The number of thiazole rings is 1. The summed E-state index contributed by atoms with van der Waals surface area (Å²) in [7, 11) is 0. The van der Waals surface area contributed by atoms with Crippen LogP contribution in [0.5, 0.6) is 0 Å². The Bertz CT molecular complexity index is 266. The molecule has 2 rings (SSSR count). The third-order valence-electron chi connectivity index (χ3n) is 2.24. The van der Waals surface area contributed by atoms with Gasteiger partial charge in [-0.05, 0) is 32.7 Å². The molecule has 1 aromatic rings. The molecule has 0 bridgehead atoms. The van der Waals surface area contributed by atoms with E-state index in [4.69, 9.17) is 0 Å². The molecular formula is C10H16N2S. The van der Waals surface area contributed by atoms with E-state index in [1.54, 1.807) is 11.3 Å². The Morgan fingerprint density at radius 1 is 1.62 bits per heavy atom. The highest BCUT2D eigenvalue weighted by Gasteiger charge is 2.19. The highest BCUT2D eigenvalue weighted by atomic mass is 32.1. The van der Waals surface area contributed by atoms with Crippen LogP contribution in [0.2, 0.25) is 0 Å². The zero-order valence-corrected chi connectivity index (χ0v) is 8.86. The van der Waals surface area contributed by atoms with Crippen LogP contribution >= 0.6 is 11.3 Å². The van der Waals surface area contributed by atoms with Crippen molar-refractivity contribution in [2.24, 2.45) is 0 Å². The summed E-state index contributed by atoms with van der Waals surface area (Å²) in [6.07, 6.45) is 5.13. The average molecular weight is 196 g/mol. The molecular weight excluding hydrogens is 180 g/mol. The molecule has 1 N–H and O–H groups in total. The molecule has 0 unspecified atom stereocenters. The molecule has 0 aliphatic heterocycles. The second-order valence-corrected chi connectivity index (χ2v) is 4.66. The monoisotopic (exact) mass is 196 g/mol. The third-order valence-corrected chi connectivity index (χ3v) is 3.27. The molecule has 1 aliphatic carbocycles. The van der Waals surface area contributed by atoms with E-state index in [0.717, 1.165) is 24.7 Å². The summed E-state index contributed by atoms with van der Waals surface area (Å²) in [6.45, 7) is 3.21. The summed E-state index contributed by atoms with van der Waals surface area (Å²) >= 11 is 1.79. The molecule has 1 aliphatic rings. The van der Waals surface area contributed by atoms with Gasteiger partial charge in [0.1, 0.15) is 0 Å². The normalized spacial score (nSPS) is 16.4. The maximum absolute atomic E-state index is 4.43. The molecule has 1 aromatic heterocycles. The fourth-order valence-electron chi connectivity index (χ4n) is 1.35. The van der Waals surface area contributed by atoms with E-state index in [2.05, 4.69) is 22.6 Å². The minimum atomic E-state index is 0.845. The van der Waals surface area contributed by atoms with Gasteiger partial charge in [0.05, 0.1) is 5.01 Å². The van der Waals surface area contributed by atoms with E-state index in [1.165, 1.54) is 24.3 Å². The first-order chi connectivity index (χ1) is 6.34. The van der Waals surface area contributed by atoms with E-state index in [-0.39, 0.29) is 0 Å². The number of rotatable bonds is 5. The topological polar surface area (TPSA) is 24.9 Å². The van der Waals surface area contributed by atoms with Crippen molar-refractivity contribution in [1.29, 1.82) is 0 Å². The number of hydrogen-bond donors (Lipinski definition) is 1. The van der Waals surface area contributed by atoms with Crippen molar-refractivity contribution in [2.75, 3.05) is 6.54 Å². The molecule has 0 amide bonds. The summed E-state index contributed by atoms with van der Waals surface area (Å²) in [6, 6.07) is 0.845. The first kappa shape index (κ1) is 9.16. The minimum Gasteiger partial charge on any atom is -0.314 e. The highest BCUT2D eigenvalue weighted by Crippen LogP contribution is 2.18. The molecule has 1 heterocycles. The van der Waals surface area contributed by atoms with Crippen LogP contribution in [0.15, 0.2) is 5.38 Å². The number of hydrogen-bond acceptors (Lipinski definition) is 3. The van der Waals surface area contributed by atoms with E-state index in [1.807, 2.05) is 0 Å². The lowest BCUT2D eigenvalue weighted by molar-refractivity contribution is 0.644. The minimum absolute atomic E-state index is 0.845. The Morgan fingerprint density at radius 3 is 3.08 bits per heavy atom. The first-order valence-corrected chi connectivity index (χ1v) is 5.87. The van der Waals surface area contributed by atoms with Crippen LogP contribution in [0.25, 0.3) is 0 Å². The van der Waals surface area contributed by atoms with E-state index in [9.17, 15) is 0 Å². The van der Waals surface area contributed by atoms with Crippen LogP contribution < -0.4 is 5.32 Å².